The highest BCUT2D eigenvalue weighted by atomic mass is 16.4. The second-order valence-corrected chi connectivity index (χ2v) is 5.34. The molecule has 0 radical (unpaired) electrons. The van der Waals surface area contributed by atoms with Crippen LogP contribution in [0.5, 0.6) is 0 Å². The van der Waals surface area contributed by atoms with Crippen molar-refractivity contribution >= 4 is 16.9 Å². The number of hydrogen-bond acceptors (Lipinski definition) is 1. The van der Waals surface area contributed by atoms with Gasteiger partial charge in [-0.25, -0.2) is 4.79 Å². The van der Waals surface area contributed by atoms with Crippen molar-refractivity contribution < 1.29 is 9.90 Å². The van der Waals surface area contributed by atoms with Crippen LogP contribution in [-0.4, -0.2) is 29.2 Å². The Morgan fingerprint density at radius 1 is 1.10 bits per heavy atom. The number of likely N-dealkylation sites (tertiary alicyclic amines) is 1. The lowest BCUT2D eigenvalue weighted by atomic mass is 9.96. The van der Waals surface area contributed by atoms with Crippen LogP contribution >= 0.6 is 0 Å². The van der Waals surface area contributed by atoms with E-state index in [-0.39, 0.29) is 0 Å². The fourth-order valence-electron chi connectivity index (χ4n) is 2.73. The highest BCUT2D eigenvalue weighted by Gasteiger charge is 2.20. The molecule has 1 aliphatic heterocycles. The predicted molar refractivity (Wildman–Crippen MR) is 83.1 cm³/mol. The molecular formula is C18H17NO2. The van der Waals surface area contributed by atoms with Crippen LogP contribution in [0, 0.1) is 17.8 Å². The van der Waals surface area contributed by atoms with Gasteiger partial charge in [-0.2, -0.15) is 0 Å². The third-order valence-corrected chi connectivity index (χ3v) is 3.97. The highest BCUT2D eigenvalue weighted by molar-refractivity contribution is 5.88. The number of fused-ring (bicyclic) bond motifs is 1. The van der Waals surface area contributed by atoms with Crippen LogP contribution in [0.25, 0.3) is 10.8 Å². The maximum atomic E-state index is 10.9. The SMILES string of the molecule is O=C(O)N1CCC(C#Cc2cccc3ccccc23)CC1. The van der Waals surface area contributed by atoms with Gasteiger partial charge in [0.25, 0.3) is 0 Å². The minimum Gasteiger partial charge on any atom is -0.465 e. The standard InChI is InChI=1S/C18H17NO2/c20-18(21)19-12-10-14(11-13-19)8-9-16-6-3-5-15-4-1-2-7-17(15)16/h1-7,14H,10-13H2,(H,20,21). The summed E-state index contributed by atoms with van der Waals surface area (Å²) in [6.07, 6.45) is 0.823. The molecule has 2 aromatic carbocycles. The number of nitrogens with zero attached hydrogens (tertiary/aromatic N) is 1. The van der Waals surface area contributed by atoms with E-state index in [9.17, 15) is 4.79 Å². The maximum absolute atomic E-state index is 10.9. The summed E-state index contributed by atoms with van der Waals surface area (Å²) in [4.78, 5) is 12.3. The summed E-state index contributed by atoms with van der Waals surface area (Å²) in [6, 6.07) is 14.4. The van der Waals surface area contributed by atoms with Gasteiger partial charge in [-0.1, -0.05) is 48.2 Å². The third kappa shape index (κ3) is 3.00. The normalized spacial score (nSPS) is 15.5. The Bertz CT molecular complexity index is 713. The fraction of sp³-hybridized carbons (Fsp3) is 0.278. The van der Waals surface area contributed by atoms with Crippen LogP contribution in [0.1, 0.15) is 18.4 Å². The Morgan fingerprint density at radius 3 is 2.57 bits per heavy atom. The molecule has 21 heavy (non-hydrogen) atoms. The van der Waals surface area contributed by atoms with Crippen molar-refractivity contribution in [3.05, 3.63) is 48.0 Å². The van der Waals surface area contributed by atoms with Gasteiger partial charge in [0.05, 0.1) is 0 Å². The summed E-state index contributed by atoms with van der Waals surface area (Å²) in [5.74, 6) is 6.90. The molecule has 0 bridgehead atoms. The van der Waals surface area contributed by atoms with Gasteiger partial charge in [0.2, 0.25) is 0 Å². The molecule has 3 heteroatoms. The van der Waals surface area contributed by atoms with Crippen molar-refractivity contribution in [2.75, 3.05) is 13.1 Å². The molecule has 0 saturated carbocycles. The van der Waals surface area contributed by atoms with Gasteiger partial charge in [-0.05, 0) is 29.7 Å². The van der Waals surface area contributed by atoms with Gasteiger partial charge in [0, 0.05) is 24.6 Å². The summed E-state index contributed by atoms with van der Waals surface area (Å²) in [5, 5.41) is 11.3. The molecule has 1 fully saturated rings. The first-order valence-corrected chi connectivity index (χ1v) is 7.21. The van der Waals surface area contributed by atoms with Crippen molar-refractivity contribution in [2.24, 2.45) is 5.92 Å². The van der Waals surface area contributed by atoms with E-state index < -0.39 is 6.09 Å². The number of carboxylic acid groups (broad SMARTS) is 1. The van der Waals surface area contributed by atoms with E-state index in [2.05, 4.69) is 30.0 Å². The van der Waals surface area contributed by atoms with Crippen LogP contribution in [0.2, 0.25) is 0 Å². The van der Waals surface area contributed by atoms with Gasteiger partial charge in [0.1, 0.15) is 0 Å². The Hall–Kier alpha value is -2.47. The maximum Gasteiger partial charge on any atom is 0.407 e. The van der Waals surface area contributed by atoms with Crippen LogP contribution in [0.4, 0.5) is 4.79 Å². The second kappa shape index (κ2) is 5.88. The molecule has 0 unspecified atom stereocenters. The van der Waals surface area contributed by atoms with Gasteiger partial charge in [-0.3, -0.25) is 0 Å². The lowest BCUT2D eigenvalue weighted by Gasteiger charge is -2.27. The van der Waals surface area contributed by atoms with Gasteiger partial charge < -0.3 is 10.0 Å². The number of rotatable bonds is 0. The molecule has 1 heterocycles. The van der Waals surface area contributed by atoms with Crippen molar-refractivity contribution in [1.29, 1.82) is 0 Å². The zero-order valence-corrected chi connectivity index (χ0v) is 11.7. The average Bonchev–Trinajstić information content (AvgIpc) is 2.53. The number of benzene rings is 2. The zero-order chi connectivity index (χ0) is 14.7. The molecular weight excluding hydrogens is 262 g/mol. The number of piperidine rings is 1. The zero-order valence-electron chi connectivity index (χ0n) is 11.7. The first kappa shape index (κ1) is 13.5. The molecule has 0 aliphatic carbocycles. The van der Waals surface area contributed by atoms with Crippen LogP contribution in [-0.2, 0) is 0 Å². The van der Waals surface area contributed by atoms with Crippen molar-refractivity contribution in [1.82, 2.24) is 4.90 Å². The van der Waals surface area contributed by atoms with E-state index in [1.807, 2.05) is 24.3 Å². The quantitative estimate of drug-likeness (QED) is 0.749. The Kier molecular flexibility index (Phi) is 3.79. The lowest BCUT2D eigenvalue weighted by Crippen LogP contribution is -2.37. The molecule has 1 saturated heterocycles. The van der Waals surface area contributed by atoms with Crippen LogP contribution < -0.4 is 0 Å². The van der Waals surface area contributed by atoms with Crippen molar-refractivity contribution in [2.45, 2.75) is 12.8 Å². The second-order valence-electron chi connectivity index (χ2n) is 5.34. The predicted octanol–water partition coefficient (Wildman–Crippen LogP) is 3.58. The summed E-state index contributed by atoms with van der Waals surface area (Å²) in [5.41, 5.74) is 1.05. The van der Waals surface area contributed by atoms with Crippen LogP contribution in [0.3, 0.4) is 0 Å². The van der Waals surface area contributed by atoms with Crippen molar-refractivity contribution in [3.63, 3.8) is 0 Å². The average molecular weight is 279 g/mol. The van der Waals surface area contributed by atoms with E-state index >= 15 is 0 Å². The highest BCUT2D eigenvalue weighted by Crippen LogP contribution is 2.19. The first-order valence-electron chi connectivity index (χ1n) is 7.21. The Morgan fingerprint density at radius 2 is 1.81 bits per heavy atom. The van der Waals surface area contributed by atoms with Crippen LogP contribution in [0.15, 0.2) is 42.5 Å². The van der Waals surface area contributed by atoms with E-state index in [4.69, 9.17) is 5.11 Å². The molecule has 0 aromatic heterocycles. The molecule has 1 aliphatic rings. The lowest BCUT2D eigenvalue weighted by molar-refractivity contribution is 0.130. The van der Waals surface area contributed by atoms with E-state index in [0.29, 0.717) is 19.0 Å². The van der Waals surface area contributed by atoms with E-state index in [1.54, 1.807) is 0 Å². The van der Waals surface area contributed by atoms with E-state index in [1.165, 1.54) is 15.7 Å². The molecule has 1 N–H and O–H groups in total. The van der Waals surface area contributed by atoms with E-state index in [0.717, 1.165) is 18.4 Å². The molecule has 3 nitrogen and oxygen atoms in total. The summed E-state index contributed by atoms with van der Waals surface area (Å²) in [6.45, 7) is 1.18. The largest absolute Gasteiger partial charge is 0.465 e. The smallest absolute Gasteiger partial charge is 0.407 e. The minimum atomic E-state index is -0.824. The Balaban J connectivity index is 1.77. The van der Waals surface area contributed by atoms with Gasteiger partial charge in [-0.15, -0.1) is 0 Å². The fourth-order valence-corrected chi connectivity index (χ4v) is 2.73. The summed E-state index contributed by atoms with van der Waals surface area (Å²) < 4.78 is 0. The molecule has 1 amide bonds. The van der Waals surface area contributed by atoms with Gasteiger partial charge >= 0.3 is 6.09 Å². The van der Waals surface area contributed by atoms with Crippen molar-refractivity contribution in [3.8, 4) is 11.8 Å². The molecule has 106 valence electrons. The topological polar surface area (TPSA) is 40.5 Å². The van der Waals surface area contributed by atoms with Gasteiger partial charge in [0.15, 0.2) is 0 Å². The molecule has 0 spiro atoms. The first-order chi connectivity index (χ1) is 10.2. The number of carbonyl (C=O) groups is 1. The molecule has 2 aromatic rings. The minimum absolute atomic E-state index is 0.291. The monoisotopic (exact) mass is 279 g/mol. The number of amides is 1. The molecule has 3 rings (SSSR count). The summed E-state index contributed by atoms with van der Waals surface area (Å²) >= 11 is 0. The Labute approximate surface area is 124 Å². The summed E-state index contributed by atoms with van der Waals surface area (Å²) in [7, 11) is 0. The third-order valence-electron chi connectivity index (χ3n) is 3.97. The number of hydrogen-bond donors (Lipinski definition) is 1. The molecule has 0 atom stereocenters.